The van der Waals surface area contributed by atoms with Crippen LogP contribution in [0.2, 0.25) is 0 Å². The number of hydrogen-bond acceptors (Lipinski definition) is 1. The number of rotatable bonds is 3. The SMILES string of the molecule is CCC(I)(C=O)CC. The molecule has 0 radical (unpaired) electrons. The number of hydrogen-bond donors (Lipinski definition) is 0. The van der Waals surface area contributed by atoms with Gasteiger partial charge in [-0.25, -0.2) is 0 Å². The Morgan fingerprint density at radius 3 is 1.88 bits per heavy atom. The van der Waals surface area contributed by atoms with Crippen LogP contribution >= 0.6 is 22.6 Å². The summed E-state index contributed by atoms with van der Waals surface area (Å²) in [6, 6.07) is 0. The smallest absolute Gasteiger partial charge is 0.135 e. The summed E-state index contributed by atoms with van der Waals surface area (Å²) < 4.78 is -0.0856. The molecular weight excluding hydrogens is 215 g/mol. The number of carbonyl (C=O) groups excluding carboxylic acids is 1. The third-order valence-electron chi connectivity index (χ3n) is 1.39. The molecule has 0 heterocycles. The monoisotopic (exact) mass is 226 g/mol. The lowest BCUT2D eigenvalue weighted by Gasteiger charge is -2.14. The van der Waals surface area contributed by atoms with Crippen LogP contribution in [0.25, 0.3) is 0 Å². The normalized spacial score (nSPS) is 11.4. The molecule has 0 aromatic heterocycles. The standard InChI is InChI=1S/C6H11IO/c1-3-6(7,4-2)5-8/h5H,3-4H2,1-2H3. The van der Waals surface area contributed by atoms with Crippen LogP contribution in [0.15, 0.2) is 0 Å². The van der Waals surface area contributed by atoms with Gasteiger partial charge in [0.2, 0.25) is 0 Å². The summed E-state index contributed by atoms with van der Waals surface area (Å²) in [6.45, 7) is 4.06. The first-order valence-electron chi connectivity index (χ1n) is 2.83. The van der Waals surface area contributed by atoms with Gasteiger partial charge in [0, 0.05) is 0 Å². The molecule has 0 atom stereocenters. The van der Waals surface area contributed by atoms with E-state index in [2.05, 4.69) is 22.6 Å². The first-order chi connectivity index (χ1) is 3.68. The van der Waals surface area contributed by atoms with Crippen LogP contribution in [0, 0.1) is 0 Å². The maximum atomic E-state index is 10.3. The zero-order valence-corrected chi connectivity index (χ0v) is 7.44. The summed E-state index contributed by atoms with van der Waals surface area (Å²) in [4.78, 5) is 10.3. The highest BCUT2D eigenvalue weighted by molar-refractivity contribution is 14.1. The molecule has 8 heavy (non-hydrogen) atoms. The Bertz CT molecular complexity index is 76.6. The van der Waals surface area contributed by atoms with E-state index in [1.165, 1.54) is 0 Å². The van der Waals surface area contributed by atoms with Crippen LogP contribution in [0.1, 0.15) is 26.7 Å². The molecule has 48 valence electrons. The maximum absolute atomic E-state index is 10.3. The fraction of sp³-hybridized carbons (Fsp3) is 0.833. The second-order valence-corrected chi connectivity index (χ2v) is 4.01. The molecule has 0 unspecified atom stereocenters. The zero-order valence-electron chi connectivity index (χ0n) is 5.28. The van der Waals surface area contributed by atoms with E-state index in [-0.39, 0.29) is 3.42 Å². The molecule has 2 heteroatoms. The van der Waals surface area contributed by atoms with Crippen LogP contribution in [-0.4, -0.2) is 9.71 Å². The van der Waals surface area contributed by atoms with Gasteiger partial charge in [-0.05, 0) is 12.8 Å². The van der Waals surface area contributed by atoms with Crippen molar-refractivity contribution in [2.24, 2.45) is 0 Å². The van der Waals surface area contributed by atoms with Gasteiger partial charge >= 0.3 is 0 Å². The van der Waals surface area contributed by atoms with Crippen molar-refractivity contribution in [3.63, 3.8) is 0 Å². The minimum atomic E-state index is -0.0856. The Morgan fingerprint density at radius 2 is 1.88 bits per heavy atom. The molecule has 0 aromatic rings. The van der Waals surface area contributed by atoms with Gasteiger partial charge in [0.25, 0.3) is 0 Å². The minimum Gasteiger partial charge on any atom is -0.302 e. The van der Waals surface area contributed by atoms with E-state index >= 15 is 0 Å². The summed E-state index contributed by atoms with van der Waals surface area (Å²) in [5.74, 6) is 0. The quantitative estimate of drug-likeness (QED) is 0.409. The lowest BCUT2D eigenvalue weighted by molar-refractivity contribution is -0.109. The molecule has 0 aliphatic heterocycles. The van der Waals surface area contributed by atoms with Crippen molar-refractivity contribution < 1.29 is 4.79 Å². The van der Waals surface area contributed by atoms with Gasteiger partial charge < -0.3 is 4.79 Å². The molecule has 0 aromatic carbocycles. The lowest BCUT2D eigenvalue weighted by atomic mass is 10.1. The Morgan fingerprint density at radius 1 is 1.50 bits per heavy atom. The highest BCUT2D eigenvalue weighted by Crippen LogP contribution is 2.23. The fourth-order valence-electron chi connectivity index (χ4n) is 0.417. The first-order valence-corrected chi connectivity index (χ1v) is 3.91. The van der Waals surface area contributed by atoms with Gasteiger partial charge in [-0.3, -0.25) is 0 Å². The van der Waals surface area contributed by atoms with Gasteiger partial charge in [-0.2, -0.15) is 0 Å². The average molecular weight is 226 g/mol. The van der Waals surface area contributed by atoms with Crippen molar-refractivity contribution in [2.45, 2.75) is 30.1 Å². The largest absolute Gasteiger partial charge is 0.302 e. The predicted molar refractivity (Wildman–Crippen MR) is 43.4 cm³/mol. The highest BCUT2D eigenvalue weighted by atomic mass is 127. The molecule has 0 spiro atoms. The van der Waals surface area contributed by atoms with Crippen molar-refractivity contribution in [1.82, 2.24) is 0 Å². The van der Waals surface area contributed by atoms with E-state index in [9.17, 15) is 4.79 Å². The Hall–Kier alpha value is 0.400. The van der Waals surface area contributed by atoms with Crippen LogP contribution < -0.4 is 0 Å². The Labute approximate surface area is 64.0 Å². The maximum Gasteiger partial charge on any atom is 0.135 e. The van der Waals surface area contributed by atoms with Crippen LogP contribution in [-0.2, 0) is 4.79 Å². The van der Waals surface area contributed by atoms with E-state index in [0.717, 1.165) is 19.1 Å². The van der Waals surface area contributed by atoms with Gasteiger partial charge in [0.15, 0.2) is 0 Å². The number of carbonyl (C=O) groups is 1. The zero-order chi connectivity index (χ0) is 6.62. The second-order valence-electron chi connectivity index (χ2n) is 1.86. The molecule has 0 aliphatic rings. The van der Waals surface area contributed by atoms with E-state index in [1.807, 2.05) is 13.8 Å². The van der Waals surface area contributed by atoms with Gasteiger partial charge in [0.05, 0.1) is 3.42 Å². The van der Waals surface area contributed by atoms with Crippen molar-refractivity contribution in [3.05, 3.63) is 0 Å². The number of alkyl halides is 1. The third kappa shape index (κ3) is 2.11. The topological polar surface area (TPSA) is 17.1 Å². The van der Waals surface area contributed by atoms with Crippen molar-refractivity contribution in [1.29, 1.82) is 0 Å². The van der Waals surface area contributed by atoms with Crippen LogP contribution in [0.5, 0.6) is 0 Å². The summed E-state index contributed by atoms with van der Waals surface area (Å²) in [6.07, 6.45) is 2.91. The van der Waals surface area contributed by atoms with Crippen LogP contribution in [0.3, 0.4) is 0 Å². The number of aldehydes is 1. The van der Waals surface area contributed by atoms with Gasteiger partial charge in [-0.15, -0.1) is 0 Å². The fourth-order valence-corrected chi connectivity index (χ4v) is 0.417. The molecule has 0 rings (SSSR count). The molecule has 0 aliphatic carbocycles. The molecule has 0 bridgehead atoms. The average Bonchev–Trinajstić information content (AvgIpc) is 1.87. The van der Waals surface area contributed by atoms with Crippen molar-refractivity contribution >= 4 is 28.9 Å². The second kappa shape index (κ2) is 3.43. The van der Waals surface area contributed by atoms with E-state index in [0.29, 0.717) is 0 Å². The van der Waals surface area contributed by atoms with Crippen molar-refractivity contribution in [2.75, 3.05) is 0 Å². The van der Waals surface area contributed by atoms with Crippen LogP contribution in [0.4, 0.5) is 0 Å². The lowest BCUT2D eigenvalue weighted by Crippen LogP contribution is -2.18. The molecular formula is C6H11IO. The van der Waals surface area contributed by atoms with Gasteiger partial charge in [-0.1, -0.05) is 36.4 Å². The highest BCUT2D eigenvalue weighted by Gasteiger charge is 2.19. The summed E-state index contributed by atoms with van der Waals surface area (Å²) >= 11 is 2.20. The summed E-state index contributed by atoms with van der Waals surface area (Å²) in [5.41, 5.74) is 0. The van der Waals surface area contributed by atoms with Crippen molar-refractivity contribution in [3.8, 4) is 0 Å². The molecule has 0 saturated carbocycles. The number of halogens is 1. The summed E-state index contributed by atoms with van der Waals surface area (Å²) in [5, 5.41) is 0. The molecule has 0 fully saturated rings. The third-order valence-corrected chi connectivity index (χ3v) is 3.17. The molecule has 0 saturated heterocycles. The predicted octanol–water partition coefficient (Wildman–Crippen LogP) is 2.18. The molecule has 0 amide bonds. The Balaban J connectivity index is 3.76. The van der Waals surface area contributed by atoms with E-state index < -0.39 is 0 Å². The van der Waals surface area contributed by atoms with Gasteiger partial charge in [0.1, 0.15) is 6.29 Å². The van der Waals surface area contributed by atoms with E-state index in [1.54, 1.807) is 0 Å². The van der Waals surface area contributed by atoms with E-state index in [4.69, 9.17) is 0 Å². The first kappa shape index (κ1) is 8.40. The summed E-state index contributed by atoms with van der Waals surface area (Å²) in [7, 11) is 0. The molecule has 1 nitrogen and oxygen atoms in total. The Kier molecular flexibility index (Phi) is 3.60. The minimum absolute atomic E-state index is 0.0856. The molecule has 0 N–H and O–H groups in total.